The van der Waals surface area contributed by atoms with Gasteiger partial charge in [0, 0.05) is 12.6 Å². The van der Waals surface area contributed by atoms with Crippen LogP contribution in [-0.2, 0) is 9.53 Å². The summed E-state index contributed by atoms with van der Waals surface area (Å²) in [6.07, 6.45) is 0. The summed E-state index contributed by atoms with van der Waals surface area (Å²) >= 11 is 0. The molecule has 4 heteroatoms. The zero-order valence-corrected chi connectivity index (χ0v) is 9.59. The van der Waals surface area contributed by atoms with Crippen molar-refractivity contribution in [2.75, 3.05) is 19.0 Å². The molecule has 1 heterocycles. The molecule has 0 aliphatic carbocycles. The molecule has 84 valence electrons. The predicted molar refractivity (Wildman–Crippen MR) is 57.7 cm³/mol. The molecule has 0 radical (unpaired) electrons. The van der Waals surface area contributed by atoms with Crippen LogP contribution in [0.15, 0.2) is 16.5 Å². The van der Waals surface area contributed by atoms with Gasteiger partial charge in [-0.15, -0.1) is 0 Å². The zero-order valence-electron chi connectivity index (χ0n) is 9.59. The molecule has 0 aromatic carbocycles. The summed E-state index contributed by atoms with van der Waals surface area (Å²) < 4.78 is 10.0. The Morgan fingerprint density at radius 3 is 2.67 bits per heavy atom. The molecule has 0 fully saturated rings. The number of methoxy groups -OCH3 is 1. The Balaban J connectivity index is 2.53. The summed E-state index contributed by atoms with van der Waals surface area (Å²) in [5.41, 5.74) is -0.560. The lowest BCUT2D eigenvalue weighted by molar-refractivity contribution is -0.149. The molecule has 0 spiro atoms. The SMILES string of the molecule is COC(=O)C(C)(C)CNc1ccc(C)o1. The van der Waals surface area contributed by atoms with E-state index in [1.54, 1.807) is 0 Å². The van der Waals surface area contributed by atoms with Gasteiger partial charge >= 0.3 is 5.97 Å². The summed E-state index contributed by atoms with van der Waals surface area (Å²) in [4.78, 5) is 11.4. The average Bonchev–Trinajstić information content (AvgIpc) is 2.60. The van der Waals surface area contributed by atoms with Gasteiger partial charge in [-0.3, -0.25) is 4.79 Å². The lowest BCUT2D eigenvalue weighted by atomic mass is 9.94. The highest BCUT2D eigenvalue weighted by Crippen LogP contribution is 2.19. The first-order valence-electron chi connectivity index (χ1n) is 4.84. The van der Waals surface area contributed by atoms with E-state index in [4.69, 9.17) is 9.15 Å². The predicted octanol–water partition coefficient (Wildman–Crippen LogP) is 2.20. The van der Waals surface area contributed by atoms with Crippen molar-refractivity contribution in [3.63, 3.8) is 0 Å². The molecule has 0 unspecified atom stereocenters. The number of furan rings is 1. The van der Waals surface area contributed by atoms with Crippen molar-refractivity contribution >= 4 is 11.9 Å². The van der Waals surface area contributed by atoms with Crippen molar-refractivity contribution in [2.45, 2.75) is 20.8 Å². The number of hydrogen-bond donors (Lipinski definition) is 1. The normalized spacial score (nSPS) is 11.2. The van der Waals surface area contributed by atoms with Gasteiger partial charge in [-0.25, -0.2) is 0 Å². The standard InChI is InChI=1S/C11H17NO3/c1-8-5-6-9(15-8)12-7-11(2,3)10(13)14-4/h5-6,12H,7H2,1-4H3. The highest BCUT2D eigenvalue weighted by molar-refractivity contribution is 5.76. The minimum absolute atomic E-state index is 0.238. The van der Waals surface area contributed by atoms with Crippen LogP contribution in [0.1, 0.15) is 19.6 Å². The van der Waals surface area contributed by atoms with Gasteiger partial charge in [0.25, 0.3) is 0 Å². The van der Waals surface area contributed by atoms with Crippen LogP contribution in [0.2, 0.25) is 0 Å². The monoisotopic (exact) mass is 211 g/mol. The third-order valence-electron chi connectivity index (χ3n) is 2.18. The van der Waals surface area contributed by atoms with Crippen molar-refractivity contribution in [3.8, 4) is 0 Å². The van der Waals surface area contributed by atoms with Gasteiger partial charge in [0.05, 0.1) is 12.5 Å². The van der Waals surface area contributed by atoms with E-state index in [0.29, 0.717) is 12.4 Å². The van der Waals surface area contributed by atoms with Gasteiger partial charge in [0.1, 0.15) is 5.76 Å². The molecule has 1 N–H and O–H groups in total. The first kappa shape index (κ1) is 11.6. The van der Waals surface area contributed by atoms with Crippen LogP contribution in [0.4, 0.5) is 5.88 Å². The number of ether oxygens (including phenoxy) is 1. The molecule has 0 atom stereocenters. The van der Waals surface area contributed by atoms with Gasteiger partial charge in [-0.1, -0.05) is 0 Å². The second kappa shape index (κ2) is 4.38. The van der Waals surface area contributed by atoms with Gasteiger partial charge < -0.3 is 14.5 Å². The Hall–Kier alpha value is -1.45. The molecular formula is C11H17NO3. The van der Waals surface area contributed by atoms with E-state index in [0.717, 1.165) is 5.76 Å². The fraction of sp³-hybridized carbons (Fsp3) is 0.545. The molecular weight excluding hydrogens is 194 g/mol. The van der Waals surface area contributed by atoms with Crippen molar-refractivity contribution in [2.24, 2.45) is 5.41 Å². The van der Waals surface area contributed by atoms with Crippen molar-refractivity contribution < 1.29 is 13.9 Å². The van der Waals surface area contributed by atoms with Crippen LogP contribution < -0.4 is 5.32 Å². The first-order valence-corrected chi connectivity index (χ1v) is 4.84. The second-order valence-corrected chi connectivity index (χ2v) is 4.14. The molecule has 0 saturated heterocycles. The third-order valence-corrected chi connectivity index (χ3v) is 2.18. The van der Waals surface area contributed by atoms with Crippen molar-refractivity contribution in [1.82, 2.24) is 0 Å². The Labute approximate surface area is 89.6 Å². The number of carbonyl (C=O) groups is 1. The van der Waals surface area contributed by atoms with E-state index in [1.165, 1.54) is 7.11 Å². The van der Waals surface area contributed by atoms with E-state index >= 15 is 0 Å². The fourth-order valence-corrected chi connectivity index (χ4v) is 1.19. The fourth-order valence-electron chi connectivity index (χ4n) is 1.19. The molecule has 0 saturated carbocycles. The first-order chi connectivity index (χ1) is 6.95. The minimum Gasteiger partial charge on any atom is -0.469 e. The summed E-state index contributed by atoms with van der Waals surface area (Å²) in [6, 6.07) is 3.70. The van der Waals surface area contributed by atoms with Gasteiger partial charge in [-0.05, 0) is 26.8 Å². The van der Waals surface area contributed by atoms with Gasteiger partial charge in [-0.2, -0.15) is 0 Å². The van der Waals surface area contributed by atoms with Crippen LogP contribution in [0.5, 0.6) is 0 Å². The summed E-state index contributed by atoms with van der Waals surface area (Å²) in [5.74, 6) is 1.27. The van der Waals surface area contributed by atoms with E-state index in [9.17, 15) is 4.79 Å². The quantitative estimate of drug-likeness (QED) is 0.776. The molecule has 0 aliphatic heterocycles. The van der Waals surface area contributed by atoms with E-state index in [1.807, 2.05) is 32.9 Å². The molecule has 4 nitrogen and oxygen atoms in total. The largest absolute Gasteiger partial charge is 0.469 e. The number of carbonyl (C=O) groups excluding carboxylic acids is 1. The summed E-state index contributed by atoms with van der Waals surface area (Å²) in [5, 5.41) is 3.05. The highest BCUT2D eigenvalue weighted by atomic mass is 16.5. The Kier molecular flexibility index (Phi) is 3.39. The van der Waals surface area contributed by atoms with Gasteiger partial charge in [0.2, 0.25) is 0 Å². The molecule has 0 bridgehead atoms. The summed E-state index contributed by atoms with van der Waals surface area (Å²) in [7, 11) is 1.39. The van der Waals surface area contributed by atoms with E-state index in [-0.39, 0.29) is 5.97 Å². The third kappa shape index (κ3) is 3.01. The topological polar surface area (TPSA) is 51.5 Å². The lowest BCUT2D eigenvalue weighted by Gasteiger charge is -2.21. The Bertz CT molecular complexity index is 341. The van der Waals surface area contributed by atoms with Crippen LogP contribution in [0.25, 0.3) is 0 Å². The van der Waals surface area contributed by atoms with Crippen LogP contribution in [0.3, 0.4) is 0 Å². The molecule has 0 amide bonds. The second-order valence-electron chi connectivity index (χ2n) is 4.14. The van der Waals surface area contributed by atoms with Crippen LogP contribution in [0, 0.1) is 12.3 Å². The molecule has 1 aromatic heterocycles. The van der Waals surface area contributed by atoms with Crippen molar-refractivity contribution in [1.29, 1.82) is 0 Å². The maximum Gasteiger partial charge on any atom is 0.313 e. The number of aryl methyl sites for hydroxylation is 1. The lowest BCUT2D eigenvalue weighted by Crippen LogP contribution is -2.33. The number of esters is 1. The number of hydrogen-bond acceptors (Lipinski definition) is 4. The highest BCUT2D eigenvalue weighted by Gasteiger charge is 2.28. The Morgan fingerprint density at radius 2 is 2.20 bits per heavy atom. The van der Waals surface area contributed by atoms with E-state index < -0.39 is 5.41 Å². The molecule has 1 aromatic rings. The molecule has 0 aliphatic rings. The van der Waals surface area contributed by atoms with Crippen LogP contribution in [-0.4, -0.2) is 19.6 Å². The summed E-state index contributed by atoms with van der Waals surface area (Å²) in [6.45, 7) is 5.99. The smallest absolute Gasteiger partial charge is 0.313 e. The van der Waals surface area contributed by atoms with Gasteiger partial charge in [0.15, 0.2) is 5.88 Å². The zero-order chi connectivity index (χ0) is 11.5. The molecule has 1 rings (SSSR count). The minimum atomic E-state index is -0.560. The Morgan fingerprint density at radius 1 is 1.53 bits per heavy atom. The molecule has 15 heavy (non-hydrogen) atoms. The van der Waals surface area contributed by atoms with E-state index in [2.05, 4.69) is 5.32 Å². The average molecular weight is 211 g/mol. The van der Waals surface area contributed by atoms with Crippen molar-refractivity contribution in [3.05, 3.63) is 17.9 Å². The number of anilines is 1. The number of rotatable bonds is 4. The maximum atomic E-state index is 11.4. The van der Waals surface area contributed by atoms with Crippen LogP contribution >= 0.6 is 0 Å². The maximum absolute atomic E-state index is 11.4. The number of nitrogens with one attached hydrogen (secondary N) is 1.